The minimum absolute atomic E-state index is 0.0590. The largest absolute Gasteiger partial charge is 0.493 e. The molecule has 2 aromatic rings. The lowest BCUT2D eigenvalue weighted by molar-refractivity contribution is -0.120. The third-order valence-electron chi connectivity index (χ3n) is 4.98. The number of hydrogen-bond donors (Lipinski definition) is 1. The Morgan fingerprint density at radius 3 is 2.00 bits per heavy atom. The van der Waals surface area contributed by atoms with Crippen molar-refractivity contribution in [3.05, 3.63) is 53.1 Å². The maximum Gasteiger partial charge on any atom is 0.224 e. The summed E-state index contributed by atoms with van der Waals surface area (Å²) in [5.41, 5.74) is 3.28. The molecule has 0 aliphatic heterocycles. The molecular weight excluding hydrogens is 368 g/mol. The fourth-order valence-corrected chi connectivity index (χ4v) is 3.27. The van der Waals surface area contributed by atoms with Crippen molar-refractivity contribution in [2.75, 3.05) is 42.0 Å². The van der Waals surface area contributed by atoms with Crippen molar-refractivity contribution in [2.45, 2.75) is 25.8 Å². The molecule has 1 amide bonds. The standard InChI is InChI=1S/C23H32N2O4/c1-7-16-8-10-18(11-9-16)19(25(2)3)15-24-22(26)14-17-12-20(27-4)23(29-6)21(13-17)28-5/h8-13,19H,7,14-15H2,1-6H3,(H,24,26)/t19-/m0/s1. The number of rotatable bonds is 10. The molecule has 0 spiro atoms. The molecule has 0 aliphatic rings. The summed E-state index contributed by atoms with van der Waals surface area (Å²) in [6.45, 7) is 2.67. The zero-order chi connectivity index (χ0) is 21.4. The number of amides is 1. The van der Waals surface area contributed by atoms with E-state index in [1.54, 1.807) is 33.5 Å². The highest BCUT2D eigenvalue weighted by atomic mass is 16.5. The van der Waals surface area contributed by atoms with Crippen molar-refractivity contribution >= 4 is 5.91 Å². The number of hydrogen-bond acceptors (Lipinski definition) is 5. The lowest BCUT2D eigenvalue weighted by atomic mass is 10.0. The summed E-state index contributed by atoms with van der Waals surface area (Å²) in [6, 6.07) is 12.3. The van der Waals surface area contributed by atoms with Crippen LogP contribution >= 0.6 is 0 Å². The molecule has 0 heterocycles. The van der Waals surface area contributed by atoms with Crippen LogP contribution < -0.4 is 19.5 Å². The van der Waals surface area contributed by atoms with Gasteiger partial charge in [-0.05, 0) is 49.3 Å². The van der Waals surface area contributed by atoms with Gasteiger partial charge in [0.1, 0.15) is 0 Å². The first-order chi connectivity index (χ1) is 13.9. The monoisotopic (exact) mass is 400 g/mol. The minimum Gasteiger partial charge on any atom is -0.493 e. The van der Waals surface area contributed by atoms with Crippen LogP contribution in [0.15, 0.2) is 36.4 Å². The van der Waals surface area contributed by atoms with E-state index in [9.17, 15) is 4.79 Å². The van der Waals surface area contributed by atoms with Crippen molar-refractivity contribution in [1.82, 2.24) is 10.2 Å². The first kappa shape index (κ1) is 22.6. The predicted octanol–water partition coefficient (Wildman–Crippen LogP) is 3.24. The van der Waals surface area contributed by atoms with Crippen LogP contribution in [0.4, 0.5) is 0 Å². The van der Waals surface area contributed by atoms with Gasteiger partial charge in [0.15, 0.2) is 11.5 Å². The van der Waals surface area contributed by atoms with E-state index < -0.39 is 0 Å². The number of nitrogens with one attached hydrogen (secondary N) is 1. The topological polar surface area (TPSA) is 60.0 Å². The Balaban J connectivity index is 2.07. The minimum atomic E-state index is -0.0590. The van der Waals surface area contributed by atoms with Crippen LogP contribution in [0.5, 0.6) is 17.2 Å². The molecule has 2 aromatic carbocycles. The predicted molar refractivity (Wildman–Crippen MR) is 115 cm³/mol. The van der Waals surface area contributed by atoms with E-state index >= 15 is 0 Å². The molecule has 0 aromatic heterocycles. The van der Waals surface area contributed by atoms with E-state index in [1.807, 2.05) is 14.1 Å². The third kappa shape index (κ3) is 5.87. The number of aryl methyl sites for hydroxylation is 1. The molecule has 158 valence electrons. The summed E-state index contributed by atoms with van der Waals surface area (Å²) >= 11 is 0. The second kappa shape index (κ2) is 10.7. The van der Waals surface area contributed by atoms with Gasteiger partial charge in [-0.1, -0.05) is 31.2 Å². The smallest absolute Gasteiger partial charge is 0.224 e. The Morgan fingerprint density at radius 2 is 1.55 bits per heavy atom. The van der Waals surface area contributed by atoms with Crippen LogP contribution in [0, 0.1) is 0 Å². The Morgan fingerprint density at radius 1 is 0.966 bits per heavy atom. The molecule has 0 bridgehead atoms. The summed E-state index contributed by atoms with van der Waals surface area (Å²) < 4.78 is 16.1. The molecule has 1 N–H and O–H groups in total. The highest BCUT2D eigenvalue weighted by molar-refractivity contribution is 5.79. The van der Waals surface area contributed by atoms with E-state index in [2.05, 4.69) is 41.4 Å². The summed E-state index contributed by atoms with van der Waals surface area (Å²) in [5.74, 6) is 1.53. The van der Waals surface area contributed by atoms with Crippen LogP contribution in [-0.2, 0) is 17.6 Å². The van der Waals surface area contributed by atoms with Crippen LogP contribution in [0.3, 0.4) is 0 Å². The zero-order valence-corrected chi connectivity index (χ0v) is 18.2. The van der Waals surface area contributed by atoms with Gasteiger partial charge in [-0.2, -0.15) is 0 Å². The zero-order valence-electron chi connectivity index (χ0n) is 18.2. The van der Waals surface area contributed by atoms with Gasteiger partial charge < -0.3 is 24.4 Å². The van der Waals surface area contributed by atoms with E-state index in [1.165, 1.54) is 11.1 Å². The van der Waals surface area contributed by atoms with Crippen molar-refractivity contribution in [1.29, 1.82) is 0 Å². The van der Waals surface area contributed by atoms with Crippen molar-refractivity contribution in [2.24, 2.45) is 0 Å². The summed E-state index contributed by atoms with van der Waals surface area (Å²) in [6.07, 6.45) is 1.24. The van der Waals surface area contributed by atoms with Crippen molar-refractivity contribution in [3.63, 3.8) is 0 Å². The highest BCUT2D eigenvalue weighted by Crippen LogP contribution is 2.38. The van der Waals surface area contributed by atoms with Gasteiger partial charge in [0.05, 0.1) is 33.8 Å². The fraction of sp³-hybridized carbons (Fsp3) is 0.435. The molecule has 0 fully saturated rings. The molecule has 6 nitrogen and oxygen atoms in total. The number of benzene rings is 2. The Labute approximate surface area is 173 Å². The lowest BCUT2D eigenvalue weighted by Gasteiger charge is -2.25. The van der Waals surface area contributed by atoms with Gasteiger partial charge in [0.25, 0.3) is 0 Å². The number of ether oxygens (including phenoxy) is 3. The maximum atomic E-state index is 12.6. The van der Waals surface area contributed by atoms with Crippen LogP contribution in [0.2, 0.25) is 0 Å². The second-order valence-electron chi connectivity index (χ2n) is 7.09. The normalized spacial score (nSPS) is 11.8. The number of nitrogens with zero attached hydrogens (tertiary/aromatic N) is 1. The van der Waals surface area contributed by atoms with Gasteiger partial charge in [0, 0.05) is 6.54 Å². The highest BCUT2D eigenvalue weighted by Gasteiger charge is 2.17. The summed E-state index contributed by atoms with van der Waals surface area (Å²) in [7, 11) is 8.72. The molecule has 0 radical (unpaired) electrons. The summed E-state index contributed by atoms with van der Waals surface area (Å²) in [5, 5.41) is 3.05. The second-order valence-corrected chi connectivity index (χ2v) is 7.09. The average molecular weight is 401 g/mol. The molecule has 0 aliphatic carbocycles. The van der Waals surface area contributed by atoms with Crippen molar-refractivity contribution in [3.8, 4) is 17.2 Å². The number of methoxy groups -OCH3 is 3. The lowest BCUT2D eigenvalue weighted by Crippen LogP contribution is -2.35. The molecule has 0 unspecified atom stereocenters. The molecule has 29 heavy (non-hydrogen) atoms. The van der Waals surface area contributed by atoms with E-state index in [4.69, 9.17) is 14.2 Å². The number of likely N-dealkylation sites (N-methyl/N-ethyl adjacent to an activating group) is 1. The maximum absolute atomic E-state index is 12.6. The molecule has 6 heteroatoms. The Kier molecular flexibility index (Phi) is 8.34. The molecular formula is C23H32N2O4. The first-order valence-corrected chi connectivity index (χ1v) is 9.74. The van der Waals surface area contributed by atoms with Gasteiger partial charge in [0.2, 0.25) is 11.7 Å². The van der Waals surface area contributed by atoms with Gasteiger partial charge in [-0.25, -0.2) is 0 Å². The van der Waals surface area contributed by atoms with Crippen LogP contribution in [0.1, 0.15) is 29.7 Å². The Hall–Kier alpha value is -2.73. The van der Waals surface area contributed by atoms with Crippen LogP contribution in [-0.4, -0.2) is 52.8 Å². The summed E-state index contributed by atoms with van der Waals surface area (Å²) in [4.78, 5) is 14.7. The average Bonchev–Trinajstić information content (AvgIpc) is 2.73. The SMILES string of the molecule is CCc1ccc([C@H](CNC(=O)Cc2cc(OC)c(OC)c(OC)c2)N(C)C)cc1. The van der Waals surface area contributed by atoms with Crippen molar-refractivity contribution < 1.29 is 19.0 Å². The first-order valence-electron chi connectivity index (χ1n) is 9.74. The molecule has 2 rings (SSSR count). The van der Waals surface area contributed by atoms with Crippen LogP contribution in [0.25, 0.3) is 0 Å². The van der Waals surface area contributed by atoms with E-state index in [-0.39, 0.29) is 18.4 Å². The van der Waals surface area contributed by atoms with Gasteiger partial charge in [-0.15, -0.1) is 0 Å². The molecule has 0 saturated heterocycles. The van der Waals surface area contributed by atoms with Gasteiger partial charge >= 0.3 is 0 Å². The number of carbonyl (C=O) groups excluding carboxylic acids is 1. The van der Waals surface area contributed by atoms with E-state index in [0.717, 1.165) is 12.0 Å². The third-order valence-corrected chi connectivity index (χ3v) is 4.98. The quantitative estimate of drug-likeness (QED) is 0.664. The molecule has 0 saturated carbocycles. The van der Waals surface area contributed by atoms with E-state index in [0.29, 0.717) is 23.8 Å². The number of carbonyl (C=O) groups is 1. The molecule has 1 atom stereocenters. The Bertz CT molecular complexity index is 778. The fourth-order valence-electron chi connectivity index (χ4n) is 3.27. The van der Waals surface area contributed by atoms with Gasteiger partial charge in [-0.3, -0.25) is 4.79 Å².